The number of likely N-dealkylation sites (N-methyl/N-ethyl adjacent to an activating group) is 1. The van der Waals surface area contributed by atoms with E-state index in [1.807, 2.05) is 24.3 Å². The summed E-state index contributed by atoms with van der Waals surface area (Å²) >= 11 is 0. The zero-order valence-electron chi connectivity index (χ0n) is 11.7. The predicted octanol–water partition coefficient (Wildman–Crippen LogP) is 1.78. The molecule has 0 saturated carbocycles. The van der Waals surface area contributed by atoms with Crippen molar-refractivity contribution in [1.82, 2.24) is 20.4 Å². The van der Waals surface area contributed by atoms with Crippen LogP contribution in [0.4, 0.5) is 0 Å². The average molecular weight is 272 g/mol. The van der Waals surface area contributed by atoms with Crippen molar-refractivity contribution in [1.29, 1.82) is 0 Å². The Morgan fingerprint density at radius 3 is 3.15 bits per heavy atom. The number of nitrogens with one attached hydrogen (secondary N) is 2. The molecule has 0 bridgehead atoms. The number of carbonyl (C=O) groups is 1. The Kier molecular flexibility index (Phi) is 3.69. The summed E-state index contributed by atoms with van der Waals surface area (Å²) in [4.78, 5) is 14.6. The van der Waals surface area contributed by atoms with Gasteiger partial charge in [-0.1, -0.05) is 24.6 Å². The Bertz CT molecular complexity index is 607. The van der Waals surface area contributed by atoms with Gasteiger partial charge < -0.3 is 10.2 Å². The third kappa shape index (κ3) is 2.54. The highest BCUT2D eigenvalue weighted by atomic mass is 16.1. The first-order valence-electron chi connectivity index (χ1n) is 7.17. The maximum absolute atomic E-state index is 12.3. The Hall–Kier alpha value is -1.88. The summed E-state index contributed by atoms with van der Waals surface area (Å²) in [7, 11) is 2.12. The number of hydrogen-bond acceptors (Lipinski definition) is 3. The highest BCUT2D eigenvalue weighted by Crippen LogP contribution is 2.16. The van der Waals surface area contributed by atoms with E-state index in [2.05, 4.69) is 27.5 Å². The summed E-state index contributed by atoms with van der Waals surface area (Å²) in [6.45, 7) is 1.81. The number of rotatable bonds is 3. The SMILES string of the molecule is CN1CCCCC1CNC(=O)c1n[nH]c2ccccc12. The van der Waals surface area contributed by atoms with Crippen molar-refractivity contribution in [3.63, 3.8) is 0 Å². The van der Waals surface area contributed by atoms with Crippen LogP contribution in [0.3, 0.4) is 0 Å². The lowest BCUT2D eigenvalue weighted by Crippen LogP contribution is -2.44. The zero-order chi connectivity index (χ0) is 13.9. The summed E-state index contributed by atoms with van der Waals surface area (Å²) in [5, 5.41) is 10.9. The quantitative estimate of drug-likeness (QED) is 0.895. The van der Waals surface area contributed by atoms with Crippen molar-refractivity contribution < 1.29 is 4.79 Å². The predicted molar refractivity (Wildman–Crippen MR) is 78.7 cm³/mol. The minimum absolute atomic E-state index is 0.0959. The fourth-order valence-corrected chi connectivity index (χ4v) is 2.83. The van der Waals surface area contributed by atoms with Crippen LogP contribution >= 0.6 is 0 Å². The maximum Gasteiger partial charge on any atom is 0.272 e. The molecule has 2 aromatic rings. The van der Waals surface area contributed by atoms with E-state index >= 15 is 0 Å². The monoisotopic (exact) mass is 272 g/mol. The molecule has 2 N–H and O–H groups in total. The number of aromatic nitrogens is 2. The maximum atomic E-state index is 12.3. The molecule has 1 aliphatic heterocycles. The molecule has 1 atom stereocenters. The second-order valence-corrected chi connectivity index (χ2v) is 5.46. The van der Waals surface area contributed by atoms with Gasteiger partial charge in [-0.15, -0.1) is 0 Å². The molecule has 1 amide bonds. The fraction of sp³-hybridized carbons (Fsp3) is 0.467. The van der Waals surface area contributed by atoms with Crippen LogP contribution in [0.1, 0.15) is 29.8 Å². The van der Waals surface area contributed by atoms with Crippen LogP contribution in [0.2, 0.25) is 0 Å². The smallest absolute Gasteiger partial charge is 0.272 e. The zero-order valence-corrected chi connectivity index (χ0v) is 11.7. The summed E-state index contributed by atoms with van der Waals surface area (Å²) < 4.78 is 0. The van der Waals surface area contributed by atoms with Crippen LogP contribution in [0.25, 0.3) is 10.9 Å². The lowest BCUT2D eigenvalue weighted by Gasteiger charge is -2.32. The van der Waals surface area contributed by atoms with E-state index < -0.39 is 0 Å². The molecular weight excluding hydrogens is 252 g/mol. The molecule has 1 unspecified atom stereocenters. The molecule has 1 aromatic carbocycles. The number of benzene rings is 1. The van der Waals surface area contributed by atoms with E-state index in [0.29, 0.717) is 18.3 Å². The molecule has 1 saturated heterocycles. The van der Waals surface area contributed by atoms with Gasteiger partial charge in [-0.25, -0.2) is 0 Å². The normalized spacial score (nSPS) is 20.1. The van der Waals surface area contributed by atoms with Crippen molar-refractivity contribution >= 4 is 16.8 Å². The molecule has 106 valence electrons. The Balaban J connectivity index is 1.67. The van der Waals surface area contributed by atoms with Crippen LogP contribution in [0.5, 0.6) is 0 Å². The van der Waals surface area contributed by atoms with Gasteiger partial charge in [0.15, 0.2) is 5.69 Å². The van der Waals surface area contributed by atoms with Gasteiger partial charge in [-0.05, 0) is 32.5 Å². The van der Waals surface area contributed by atoms with Gasteiger partial charge in [0.25, 0.3) is 5.91 Å². The number of piperidine rings is 1. The average Bonchev–Trinajstić information content (AvgIpc) is 2.90. The molecule has 3 rings (SSSR count). The molecule has 1 aliphatic rings. The highest BCUT2D eigenvalue weighted by Gasteiger charge is 2.20. The Morgan fingerprint density at radius 1 is 1.45 bits per heavy atom. The molecular formula is C15H20N4O. The number of amides is 1. The molecule has 20 heavy (non-hydrogen) atoms. The van der Waals surface area contributed by atoms with Crippen LogP contribution in [-0.4, -0.2) is 47.2 Å². The van der Waals surface area contributed by atoms with E-state index in [4.69, 9.17) is 0 Å². The minimum atomic E-state index is -0.0959. The number of nitrogens with zero attached hydrogens (tertiary/aromatic N) is 2. The Labute approximate surface area is 118 Å². The fourth-order valence-electron chi connectivity index (χ4n) is 2.83. The van der Waals surface area contributed by atoms with Crippen LogP contribution in [0.15, 0.2) is 24.3 Å². The topological polar surface area (TPSA) is 61.0 Å². The number of likely N-dealkylation sites (tertiary alicyclic amines) is 1. The first-order chi connectivity index (χ1) is 9.75. The van der Waals surface area contributed by atoms with Gasteiger partial charge in [0.2, 0.25) is 0 Å². The first-order valence-corrected chi connectivity index (χ1v) is 7.17. The summed E-state index contributed by atoms with van der Waals surface area (Å²) in [5.41, 5.74) is 1.38. The number of hydrogen-bond donors (Lipinski definition) is 2. The van der Waals surface area contributed by atoms with Gasteiger partial charge in [-0.3, -0.25) is 9.89 Å². The summed E-state index contributed by atoms with van der Waals surface area (Å²) in [6.07, 6.45) is 3.65. The highest BCUT2D eigenvalue weighted by molar-refractivity contribution is 6.04. The summed E-state index contributed by atoms with van der Waals surface area (Å²) in [6, 6.07) is 8.13. The van der Waals surface area contributed by atoms with E-state index in [1.54, 1.807) is 0 Å². The number of aromatic amines is 1. The summed E-state index contributed by atoms with van der Waals surface area (Å²) in [5.74, 6) is -0.0959. The molecule has 5 nitrogen and oxygen atoms in total. The molecule has 0 aliphatic carbocycles. The van der Waals surface area contributed by atoms with Gasteiger partial charge in [-0.2, -0.15) is 5.10 Å². The third-order valence-corrected chi connectivity index (χ3v) is 4.11. The lowest BCUT2D eigenvalue weighted by atomic mass is 10.0. The Morgan fingerprint density at radius 2 is 2.30 bits per heavy atom. The van der Waals surface area contributed by atoms with Crippen molar-refractivity contribution in [2.24, 2.45) is 0 Å². The molecule has 1 aromatic heterocycles. The van der Waals surface area contributed by atoms with Crippen molar-refractivity contribution in [3.05, 3.63) is 30.0 Å². The van der Waals surface area contributed by atoms with Crippen LogP contribution in [0, 0.1) is 0 Å². The largest absolute Gasteiger partial charge is 0.349 e. The number of fused-ring (bicyclic) bond motifs is 1. The second-order valence-electron chi connectivity index (χ2n) is 5.46. The van der Waals surface area contributed by atoms with Crippen molar-refractivity contribution in [3.8, 4) is 0 Å². The first kappa shape index (κ1) is 13.1. The number of para-hydroxylation sites is 1. The second kappa shape index (κ2) is 5.63. The molecule has 0 spiro atoms. The van der Waals surface area contributed by atoms with Gasteiger partial charge >= 0.3 is 0 Å². The van der Waals surface area contributed by atoms with Gasteiger partial charge in [0.05, 0.1) is 5.52 Å². The lowest BCUT2D eigenvalue weighted by molar-refractivity contribution is 0.0925. The van der Waals surface area contributed by atoms with E-state index in [1.165, 1.54) is 12.8 Å². The standard InChI is InChI=1S/C15H20N4O/c1-19-9-5-4-6-11(19)10-16-15(20)14-12-7-2-3-8-13(12)17-18-14/h2-3,7-8,11H,4-6,9-10H2,1H3,(H,16,20)(H,17,18). The minimum Gasteiger partial charge on any atom is -0.349 e. The number of H-pyrrole nitrogens is 1. The third-order valence-electron chi connectivity index (χ3n) is 4.11. The van der Waals surface area contributed by atoms with Crippen molar-refractivity contribution in [2.45, 2.75) is 25.3 Å². The van der Waals surface area contributed by atoms with E-state index in [0.717, 1.165) is 23.9 Å². The molecule has 1 fully saturated rings. The van der Waals surface area contributed by atoms with Crippen LogP contribution < -0.4 is 5.32 Å². The van der Waals surface area contributed by atoms with Crippen LogP contribution in [-0.2, 0) is 0 Å². The molecule has 5 heteroatoms. The molecule has 0 radical (unpaired) electrons. The van der Waals surface area contributed by atoms with Gasteiger partial charge in [0, 0.05) is 18.0 Å². The van der Waals surface area contributed by atoms with Gasteiger partial charge in [0.1, 0.15) is 0 Å². The van der Waals surface area contributed by atoms with E-state index in [-0.39, 0.29) is 5.91 Å². The van der Waals surface area contributed by atoms with E-state index in [9.17, 15) is 4.79 Å². The number of carbonyl (C=O) groups excluding carboxylic acids is 1. The van der Waals surface area contributed by atoms with Crippen molar-refractivity contribution in [2.75, 3.05) is 20.1 Å². The molecule has 2 heterocycles.